The quantitative estimate of drug-likeness (QED) is 0.751. The summed E-state index contributed by atoms with van der Waals surface area (Å²) in [6.45, 7) is 4.55. The van der Waals surface area contributed by atoms with Gasteiger partial charge >= 0.3 is 0 Å². The number of anilines is 2. The van der Waals surface area contributed by atoms with Crippen LogP contribution < -0.4 is 10.6 Å². The lowest BCUT2D eigenvalue weighted by Crippen LogP contribution is -2.16. The van der Waals surface area contributed by atoms with E-state index in [2.05, 4.69) is 26.6 Å². The van der Waals surface area contributed by atoms with E-state index >= 15 is 0 Å². The fraction of sp³-hybridized carbons (Fsp3) is 0.235. The highest BCUT2D eigenvalue weighted by molar-refractivity contribution is 9.10. The molecule has 0 bridgehead atoms. The Morgan fingerprint density at radius 2 is 1.91 bits per heavy atom. The minimum Gasteiger partial charge on any atom is -0.384 e. The van der Waals surface area contributed by atoms with Gasteiger partial charge in [0.05, 0.1) is 0 Å². The molecule has 0 radical (unpaired) electrons. The zero-order valence-electron chi connectivity index (χ0n) is 12.5. The fourth-order valence-corrected chi connectivity index (χ4v) is 2.56. The zero-order chi connectivity index (χ0) is 16.1. The fourth-order valence-electron chi connectivity index (χ4n) is 2.08. The first-order valence-electron chi connectivity index (χ1n) is 7.02. The third-order valence-corrected chi connectivity index (χ3v) is 4.42. The Balaban J connectivity index is 1.83. The van der Waals surface area contributed by atoms with Crippen molar-refractivity contribution in [3.8, 4) is 0 Å². The smallest absolute Gasteiger partial charge is 0.226 e. The highest BCUT2D eigenvalue weighted by Gasteiger charge is 2.05. The summed E-state index contributed by atoms with van der Waals surface area (Å²) in [5.41, 5.74) is 3.97. The molecule has 0 aliphatic heterocycles. The van der Waals surface area contributed by atoms with Crippen LogP contribution in [0.2, 0.25) is 5.02 Å². The van der Waals surface area contributed by atoms with Gasteiger partial charge in [-0.05, 0) is 61.4 Å². The highest BCUT2D eigenvalue weighted by atomic mass is 79.9. The van der Waals surface area contributed by atoms with Gasteiger partial charge in [0.2, 0.25) is 5.91 Å². The topological polar surface area (TPSA) is 41.1 Å². The molecule has 2 N–H and O–H groups in total. The number of carbonyl (C=O) groups excluding carboxylic acids is 1. The van der Waals surface area contributed by atoms with Crippen molar-refractivity contribution in [3.05, 3.63) is 57.0 Å². The number of carbonyl (C=O) groups is 1. The van der Waals surface area contributed by atoms with E-state index in [4.69, 9.17) is 11.6 Å². The Kier molecular flexibility index (Phi) is 5.86. The van der Waals surface area contributed by atoms with Gasteiger partial charge in [-0.25, -0.2) is 0 Å². The van der Waals surface area contributed by atoms with E-state index in [0.29, 0.717) is 18.0 Å². The van der Waals surface area contributed by atoms with Crippen molar-refractivity contribution in [2.24, 2.45) is 0 Å². The molecule has 2 rings (SSSR count). The van der Waals surface area contributed by atoms with Crippen molar-refractivity contribution >= 4 is 44.8 Å². The Hall–Kier alpha value is -1.52. The van der Waals surface area contributed by atoms with Crippen LogP contribution in [-0.4, -0.2) is 12.5 Å². The van der Waals surface area contributed by atoms with E-state index in [0.717, 1.165) is 27.0 Å². The second-order valence-corrected chi connectivity index (χ2v) is 6.44. The summed E-state index contributed by atoms with van der Waals surface area (Å²) >= 11 is 9.36. The molecule has 0 aromatic heterocycles. The number of hydrogen-bond donors (Lipinski definition) is 2. The Bertz CT molecular complexity index is 688. The maximum atomic E-state index is 12.0. The van der Waals surface area contributed by atoms with Crippen molar-refractivity contribution < 1.29 is 4.79 Å². The first-order chi connectivity index (χ1) is 10.5. The maximum Gasteiger partial charge on any atom is 0.226 e. The van der Waals surface area contributed by atoms with Gasteiger partial charge in [-0.15, -0.1) is 0 Å². The average molecular weight is 382 g/mol. The predicted molar refractivity (Wildman–Crippen MR) is 96.8 cm³/mol. The molecule has 3 nitrogen and oxygen atoms in total. The lowest BCUT2D eigenvalue weighted by Gasteiger charge is -2.10. The first-order valence-corrected chi connectivity index (χ1v) is 8.19. The minimum absolute atomic E-state index is 0.0131. The van der Waals surface area contributed by atoms with Crippen LogP contribution in [-0.2, 0) is 4.79 Å². The molecule has 2 aromatic rings. The molecule has 0 fully saturated rings. The summed E-state index contributed by atoms with van der Waals surface area (Å²) in [6, 6.07) is 11.4. The third-order valence-electron chi connectivity index (χ3n) is 3.30. The largest absolute Gasteiger partial charge is 0.384 e. The van der Waals surface area contributed by atoms with Gasteiger partial charge in [-0.1, -0.05) is 27.5 Å². The van der Waals surface area contributed by atoms with Gasteiger partial charge in [-0.2, -0.15) is 0 Å². The molecular weight excluding hydrogens is 364 g/mol. The Labute approximate surface area is 144 Å². The number of amides is 1. The van der Waals surface area contributed by atoms with E-state index in [-0.39, 0.29) is 5.91 Å². The van der Waals surface area contributed by atoms with E-state index in [9.17, 15) is 4.79 Å². The van der Waals surface area contributed by atoms with Crippen molar-refractivity contribution in [3.63, 3.8) is 0 Å². The Morgan fingerprint density at radius 3 is 2.59 bits per heavy atom. The molecule has 0 unspecified atom stereocenters. The van der Waals surface area contributed by atoms with Crippen molar-refractivity contribution in [1.29, 1.82) is 0 Å². The van der Waals surface area contributed by atoms with E-state index < -0.39 is 0 Å². The van der Waals surface area contributed by atoms with Crippen LogP contribution in [0.15, 0.2) is 40.9 Å². The Morgan fingerprint density at radius 1 is 1.14 bits per heavy atom. The molecule has 116 valence electrons. The molecule has 5 heteroatoms. The minimum atomic E-state index is -0.0131. The molecule has 0 spiro atoms. The number of halogens is 2. The van der Waals surface area contributed by atoms with Gasteiger partial charge in [-0.3, -0.25) is 4.79 Å². The maximum absolute atomic E-state index is 12.0. The molecule has 0 aliphatic rings. The molecule has 0 saturated heterocycles. The third kappa shape index (κ3) is 4.75. The SMILES string of the molecule is Cc1cc(NC(=O)CCNc2ccc(Cl)cc2C)ccc1Br. The standard InChI is InChI=1S/C17H18BrClN2O/c1-11-10-14(4-5-15(11)18)21-17(22)7-8-20-16-6-3-13(19)9-12(16)2/h3-6,9-10,20H,7-8H2,1-2H3,(H,21,22). The zero-order valence-corrected chi connectivity index (χ0v) is 14.9. The second-order valence-electron chi connectivity index (χ2n) is 5.15. The van der Waals surface area contributed by atoms with Crippen LogP contribution in [0.4, 0.5) is 11.4 Å². The predicted octanol–water partition coefficient (Wildman–Crippen LogP) is 5.16. The molecule has 1 amide bonds. The van der Waals surface area contributed by atoms with Crippen LogP contribution in [0.25, 0.3) is 0 Å². The number of hydrogen-bond acceptors (Lipinski definition) is 2. The van der Waals surface area contributed by atoms with E-state index in [1.165, 1.54) is 0 Å². The summed E-state index contributed by atoms with van der Waals surface area (Å²) in [4.78, 5) is 12.0. The average Bonchev–Trinajstić information content (AvgIpc) is 2.45. The molecule has 22 heavy (non-hydrogen) atoms. The van der Waals surface area contributed by atoms with Gasteiger partial charge in [0.1, 0.15) is 0 Å². The summed E-state index contributed by atoms with van der Waals surface area (Å²) in [7, 11) is 0. The summed E-state index contributed by atoms with van der Waals surface area (Å²) in [5.74, 6) is -0.0131. The first kappa shape index (κ1) is 16.8. The molecule has 0 saturated carbocycles. The van der Waals surface area contributed by atoms with Crippen LogP contribution >= 0.6 is 27.5 Å². The summed E-state index contributed by atoms with van der Waals surface area (Å²) < 4.78 is 1.03. The van der Waals surface area contributed by atoms with Crippen molar-refractivity contribution in [2.75, 3.05) is 17.2 Å². The van der Waals surface area contributed by atoms with Gasteiger partial charge in [0, 0.05) is 33.8 Å². The number of aryl methyl sites for hydroxylation is 2. The lowest BCUT2D eigenvalue weighted by molar-refractivity contribution is -0.115. The monoisotopic (exact) mass is 380 g/mol. The normalized spacial score (nSPS) is 10.4. The number of benzene rings is 2. The molecular formula is C17H18BrClN2O. The highest BCUT2D eigenvalue weighted by Crippen LogP contribution is 2.21. The van der Waals surface area contributed by atoms with E-state index in [1.54, 1.807) is 0 Å². The number of rotatable bonds is 5. The lowest BCUT2D eigenvalue weighted by atomic mass is 10.2. The van der Waals surface area contributed by atoms with Gasteiger partial charge in [0.25, 0.3) is 0 Å². The number of nitrogens with one attached hydrogen (secondary N) is 2. The molecule has 2 aromatic carbocycles. The second kappa shape index (κ2) is 7.65. The summed E-state index contributed by atoms with van der Waals surface area (Å²) in [6.07, 6.45) is 0.400. The van der Waals surface area contributed by atoms with E-state index in [1.807, 2.05) is 50.2 Å². The van der Waals surface area contributed by atoms with Crippen LogP contribution in [0.3, 0.4) is 0 Å². The van der Waals surface area contributed by atoms with Gasteiger partial charge < -0.3 is 10.6 Å². The van der Waals surface area contributed by atoms with Gasteiger partial charge in [0.15, 0.2) is 0 Å². The molecule has 0 heterocycles. The molecule has 0 aliphatic carbocycles. The van der Waals surface area contributed by atoms with Crippen LogP contribution in [0.5, 0.6) is 0 Å². The summed E-state index contributed by atoms with van der Waals surface area (Å²) in [5, 5.41) is 6.86. The van der Waals surface area contributed by atoms with Crippen LogP contribution in [0.1, 0.15) is 17.5 Å². The van der Waals surface area contributed by atoms with Crippen molar-refractivity contribution in [1.82, 2.24) is 0 Å². The molecule has 0 atom stereocenters. The van der Waals surface area contributed by atoms with Crippen LogP contribution in [0, 0.1) is 13.8 Å². The van der Waals surface area contributed by atoms with Crippen molar-refractivity contribution in [2.45, 2.75) is 20.3 Å².